The summed E-state index contributed by atoms with van der Waals surface area (Å²) in [7, 11) is 0. The van der Waals surface area contributed by atoms with Crippen LogP contribution in [0.15, 0.2) is 24.3 Å². The average Bonchev–Trinajstić information content (AvgIpc) is 3.00. The van der Waals surface area contributed by atoms with Crippen LogP contribution in [0.25, 0.3) is 0 Å². The molecule has 0 aliphatic rings. The Hall–Kier alpha value is -2.37. The van der Waals surface area contributed by atoms with Crippen molar-refractivity contribution >= 4 is 23.5 Å². The Labute approximate surface area is 263 Å². The Morgan fingerprint density at radius 1 is 0.628 bits per heavy atom. The molecule has 0 fully saturated rings. The number of ether oxygens (including phenoxy) is 1. The van der Waals surface area contributed by atoms with Crippen LogP contribution >= 0.6 is 0 Å². The lowest BCUT2D eigenvalue weighted by Crippen LogP contribution is -2.33. The second-order valence-electron chi connectivity index (χ2n) is 12.3. The molecule has 246 valence electrons. The molecular formula is C37H63NO5. The van der Waals surface area contributed by atoms with Gasteiger partial charge in [0.2, 0.25) is 0 Å². The number of rotatable bonds is 29. The van der Waals surface area contributed by atoms with Gasteiger partial charge < -0.3 is 15.2 Å². The number of carboxylic acids is 1. The van der Waals surface area contributed by atoms with Gasteiger partial charge in [-0.3, -0.25) is 9.59 Å². The Bertz CT molecular complexity index is 855. The number of nitrogens with one attached hydrogen (secondary N) is 1. The van der Waals surface area contributed by atoms with Crippen LogP contribution in [0.1, 0.15) is 185 Å². The number of carbonyl (C=O) groups is 3. The lowest BCUT2D eigenvalue weighted by atomic mass is 10.0. The fourth-order valence-electron chi connectivity index (χ4n) is 5.56. The van der Waals surface area contributed by atoms with Gasteiger partial charge in [-0.2, -0.15) is 0 Å². The molecule has 6 heteroatoms. The van der Waals surface area contributed by atoms with Gasteiger partial charge in [-0.05, 0) is 31.4 Å². The SMILES string of the molecule is CCCCCCCCCCCCCCCCCC(=O)OC(CCCCCCCCCC)C(=O)Nc1ccccc1C(=O)O. The van der Waals surface area contributed by atoms with Crippen LogP contribution in [0, 0.1) is 0 Å². The molecule has 43 heavy (non-hydrogen) atoms. The van der Waals surface area contributed by atoms with E-state index >= 15 is 0 Å². The first-order valence-electron chi connectivity index (χ1n) is 17.8. The number of carbonyl (C=O) groups excluding carboxylic acids is 2. The zero-order valence-corrected chi connectivity index (χ0v) is 27.6. The van der Waals surface area contributed by atoms with Crippen molar-refractivity contribution in [2.24, 2.45) is 0 Å². The quantitative estimate of drug-likeness (QED) is 0.0704. The minimum absolute atomic E-state index is 0.0193. The van der Waals surface area contributed by atoms with Crippen molar-refractivity contribution in [3.8, 4) is 0 Å². The van der Waals surface area contributed by atoms with Gasteiger partial charge in [0.1, 0.15) is 0 Å². The lowest BCUT2D eigenvalue weighted by molar-refractivity contribution is -0.154. The van der Waals surface area contributed by atoms with Crippen LogP contribution in [0.3, 0.4) is 0 Å². The lowest BCUT2D eigenvalue weighted by Gasteiger charge is -2.18. The predicted molar refractivity (Wildman–Crippen MR) is 179 cm³/mol. The number of unbranched alkanes of at least 4 members (excludes halogenated alkanes) is 21. The molecule has 0 bridgehead atoms. The minimum atomic E-state index is -1.11. The Morgan fingerprint density at radius 2 is 1.05 bits per heavy atom. The standard InChI is InChI=1S/C37H63NO5/c1-3-5-7-9-11-13-14-15-16-17-18-19-21-23-25-31-35(39)43-34(30-24-22-20-12-10-8-6-4-2)36(40)38-33-29-27-26-28-32(33)37(41)42/h26-29,34H,3-25,30-31H2,1-2H3,(H,38,40)(H,41,42). The third-order valence-corrected chi connectivity index (χ3v) is 8.29. The van der Waals surface area contributed by atoms with Crippen LogP contribution < -0.4 is 5.32 Å². The van der Waals surface area contributed by atoms with E-state index < -0.39 is 18.0 Å². The van der Waals surface area contributed by atoms with Crippen molar-refractivity contribution in [2.45, 2.75) is 180 Å². The van der Waals surface area contributed by atoms with Crippen LogP contribution in [-0.4, -0.2) is 29.1 Å². The van der Waals surface area contributed by atoms with E-state index in [0.717, 1.165) is 38.5 Å². The Kier molecular flexibility index (Phi) is 24.4. The summed E-state index contributed by atoms with van der Waals surface area (Å²) in [5, 5.41) is 12.2. The molecule has 1 aromatic rings. The summed E-state index contributed by atoms with van der Waals surface area (Å²) in [4.78, 5) is 37.3. The van der Waals surface area contributed by atoms with E-state index in [1.165, 1.54) is 115 Å². The Balaban J connectivity index is 2.33. The molecule has 6 nitrogen and oxygen atoms in total. The predicted octanol–water partition coefficient (Wildman–Crippen LogP) is 11.0. The minimum Gasteiger partial charge on any atom is -0.478 e. The van der Waals surface area contributed by atoms with Crippen LogP contribution in [0.2, 0.25) is 0 Å². The van der Waals surface area contributed by atoms with E-state index in [4.69, 9.17) is 4.74 Å². The highest BCUT2D eigenvalue weighted by Gasteiger charge is 2.24. The van der Waals surface area contributed by atoms with E-state index in [1.54, 1.807) is 18.2 Å². The zero-order chi connectivity index (χ0) is 31.4. The first-order valence-corrected chi connectivity index (χ1v) is 17.8. The largest absolute Gasteiger partial charge is 0.478 e. The van der Waals surface area contributed by atoms with E-state index in [-0.39, 0.29) is 17.2 Å². The van der Waals surface area contributed by atoms with Gasteiger partial charge in [-0.25, -0.2) is 4.79 Å². The summed E-state index contributed by atoms with van der Waals surface area (Å²) >= 11 is 0. The number of esters is 1. The maximum Gasteiger partial charge on any atom is 0.337 e. The Morgan fingerprint density at radius 3 is 1.51 bits per heavy atom. The molecule has 1 amide bonds. The van der Waals surface area contributed by atoms with Crippen molar-refractivity contribution in [2.75, 3.05) is 5.32 Å². The van der Waals surface area contributed by atoms with Gasteiger partial charge in [0.25, 0.3) is 5.91 Å². The number of hydrogen-bond acceptors (Lipinski definition) is 4. The van der Waals surface area contributed by atoms with Crippen LogP contribution in [0.5, 0.6) is 0 Å². The maximum atomic E-state index is 13.1. The topological polar surface area (TPSA) is 92.7 Å². The molecule has 0 spiro atoms. The highest BCUT2D eigenvalue weighted by Crippen LogP contribution is 2.19. The van der Waals surface area contributed by atoms with E-state index in [0.29, 0.717) is 12.8 Å². The van der Waals surface area contributed by atoms with E-state index in [1.807, 2.05) is 0 Å². The molecule has 1 aromatic carbocycles. The van der Waals surface area contributed by atoms with Gasteiger partial charge >= 0.3 is 11.9 Å². The molecule has 1 rings (SSSR count). The number of aromatic carboxylic acids is 1. The number of carboxylic acid groups (broad SMARTS) is 1. The molecule has 0 aliphatic heterocycles. The normalized spacial score (nSPS) is 11.8. The molecule has 0 saturated carbocycles. The first kappa shape index (κ1) is 38.7. The van der Waals surface area contributed by atoms with Crippen molar-refractivity contribution < 1.29 is 24.2 Å². The number of anilines is 1. The second-order valence-corrected chi connectivity index (χ2v) is 12.3. The fourth-order valence-corrected chi connectivity index (χ4v) is 5.56. The summed E-state index contributed by atoms with van der Waals surface area (Å²) in [6.45, 7) is 4.47. The summed E-state index contributed by atoms with van der Waals surface area (Å²) in [6.07, 6.45) is 27.9. The van der Waals surface area contributed by atoms with Crippen molar-refractivity contribution in [3.05, 3.63) is 29.8 Å². The average molecular weight is 602 g/mol. The molecule has 1 unspecified atom stereocenters. The van der Waals surface area contributed by atoms with Gasteiger partial charge in [-0.15, -0.1) is 0 Å². The molecule has 2 N–H and O–H groups in total. The first-order chi connectivity index (χ1) is 21.0. The summed E-state index contributed by atoms with van der Waals surface area (Å²) in [5.74, 6) is -1.91. The summed E-state index contributed by atoms with van der Waals surface area (Å²) in [6, 6.07) is 6.31. The van der Waals surface area contributed by atoms with Crippen LogP contribution in [0.4, 0.5) is 5.69 Å². The fraction of sp³-hybridized carbons (Fsp3) is 0.757. The van der Waals surface area contributed by atoms with Crippen molar-refractivity contribution in [1.82, 2.24) is 0 Å². The molecule has 0 aliphatic carbocycles. The van der Waals surface area contributed by atoms with Crippen molar-refractivity contribution in [1.29, 1.82) is 0 Å². The van der Waals surface area contributed by atoms with Gasteiger partial charge in [0, 0.05) is 6.42 Å². The van der Waals surface area contributed by atoms with Crippen molar-refractivity contribution in [3.63, 3.8) is 0 Å². The molecular weight excluding hydrogens is 538 g/mol. The number of benzene rings is 1. The van der Waals surface area contributed by atoms with Gasteiger partial charge in [0.05, 0.1) is 11.3 Å². The van der Waals surface area contributed by atoms with Gasteiger partial charge in [0.15, 0.2) is 6.10 Å². The monoisotopic (exact) mass is 601 g/mol. The highest BCUT2D eigenvalue weighted by atomic mass is 16.5. The summed E-state index contributed by atoms with van der Waals surface area (Å²) < 4.78 is 5.67. The molecule has 1 atom stereocenters. The van der Waals surface area contributed by atoms with Gasteiger partial charge in [-0.1, -0.05) is 161 Å². The molecule has 0 radical (unpaired) electrons. The number of amides is 1. The number of hydrogen-bond donors (Lipinski definition) is 2. The molecule has 0 heterocycles. The number of para-hydroxylation sites is 1. The third kappa shape index (κ3) is 21.1. The molecule has 0 aromatic heterocycles. The third-order valence-electron chi connectivity index (χ3n) is 8.29. The highest BCUT2D eigenvalue weighted by molar-refractivity contribution is 6.02. The summed E-state index contributed by atoms with van der Waals surface area (Å²) in [5.41, 5.74) is 0.241. The molecule has 0 saturated heterocycles. The smallest absolute Gasteiger partial charge is 0.337 e. The van der Waals surface area contributed by atoms with Crippen LogP contribution in [-0.2, 0) is 14.3 Å². The zero-order valence-electron chi connectivity index (χ0n) is 27.6. The van der Waals surface area contributed by atoms with E-state index in [9.17, 15) is 19.5 Å². The van der Waals surface area contributed by atoms with E-state index in [2.05, 4.69) is 19.2 Å². The second kappa shape index (κ2) is 27.2. The maximum absolute atomic E-state index is 13.1.